The first-order chi connectivity index (χ1) is 7.25. The number of aromatic nitrogens is 3. The van der Waals surface area contributed by atoms with E-state index in [-0.39, 0.29) is 6.04 Å². The molecule has 2 N–H and O–H groups in total. The lowest BCUT2D eigenvalue weighted by molar-refractivity contribution is 0.548. The predicted molar refractivity (Wildman–Crippen MR) is 63.7 cm³/mol. The summed E-state index contributed by atoms with van der Waals surface area (Å²) in [6.45, 7) is 2.89. The minimum atomic E-state index is 0.186. The maximum atomic E-state index is 4.10. The molecule has 2 aromatic rings. The minimum Gasteiger partial charge on any atom is -0.303 e. The van der Waals surface area contributed by atoms with E-state index >= 15 is 0 Å². The van der Waals surface area contributed by atoms with Gasteiger partial charge in [0.1, 0.15) is 12.2 Å². The maximum absolute atomic E-state index is 4.10. The normalized spacial score (nSPS) is 12.9. The van der Waals surface area contributed by atoms with E-state index in [1.54, 1.807) is 11.3 Å². The summed E-state index contributed by atoms with van der Waals surface area (Å²) < 4.78 is 1.16. The number of rotatable bonds is 4. The summed E-state index contributed by atoms with van der Waals surface area (Å²) in [5, 5.41) is 12.2. The van der Waals surface area contributed by atoms with Crippen LogP contribution in [-0.2, 0) is 6.54 Å². The molecule has 80 valence electrons. The second kappa shape index (κ2) is 4.87. The Kier molecular flexibility index (Phi) is 3.50. The standard InChI is InChI=1S/C9H11BrN4S/c1-6(9-12-5-13-14-9)11-3-7-2-8(10)15-4-7/h2,4-6,11H,3H2,1H3,(H,12,13,14). The second-order valence-corrected chi connectivity index (χ2v) is 5.52. The molecule has 0 aliphatic heterocycles. The van der Waals surface area contributed by atoms with E-state index in [0.717, 1.165) is 16.2 Å². The molecule has 0 saturated carbocycles. The Morgan fingerprint density at radius 2 is 2.53 bits per heavy atom. The van der Waals surface area contributed by atoms with Gasteiger partial charge in [0.2, 0.25) is 0 Å². The van der Waals surface area contributed by atoms with E-state index in [4.69, 9.17) is 0 Å². The van der Waals surface area contributed by atoms with Crippen molar-refractivity contribution in [2.45, 2.75) is 19.5 Å². The molecule has 1 atom stereocenters. The molecule has 0 bridgehead atoms. The zero-order valence-electron chi connectivity index (χ0n) is 8.20. The number of nitrogens with zero attached hydrogens (tertiary/aromatic N) is 2. The molecule has 0 amide bonds. The summed E-state index contributed by atoms with van der Waals surface area (Å²) in [5.74, 6) is 0.865. The monoisotopic (exact) mass is 286 g/mol. The Labute approximate surface area is 100 Å². The van der Waals surface area contributed by atoms with Gasteiger partial charge in [-0.05, 0) is 39.9 Å². The largest absolute Gasteiger partial charge is 0.303 e. The van der Waals surface area contributed by atoms with Crippen molar-refractivity contribution in [2.75, 3.05) is 0 Å². The van der Waals surface area contributed by atoms with Crippen molar-refractivity contribution in [1.82, 2.24) is 20.5 Å². The van der Waals surface area contributed by atoms with Crippen LogP contribution >= 0.6 is 27.3 Å². The molecule has 0 aliphatic carbocycles. The Morgan fingerprint density at radius 1 is 1.67 bits per heavy atom. The van der Waals surface area contributed by atoms with E-state index in [1.807, 2.05) is 0 Å². The van der Waals surface area contributed by atoms with Crippen molar-refractivity contribution in [1.29, 1.82) is 0 Å². The second-order valence-electron chi connectivity index (χ2n) is 3.23. The lowest BCUT2D eigenvalue weighted by atomic mass is 10.3. The fourth-order valence-corrected chi connectivity index (χ4v) is 2.44. The summed E-state index contributed by atoms with van der Waals surface area (Å²) in [6, 6.07) is 2.30. The van der Waals surface area contributed by atoms with Crippen LogP contribution in [0.25, 0.3) is 0 Å². The molecule has 2 aromatic heterocycles. The molecule has 6 heteroatoms. The zero-order chi connectivity index (χ0) is 10.7. The fourth-order valence-electron chi connectivity index (χ4n) is 1.23. The molecule has 2 rings (SSSR count). The van der Waals surface area contributed by atoms with E-state index < -0.39 is 0 Å². The molecule has 0 saturated heterocycles. The number of thiophene rings is 1. The van der Waals surface area contributed by atoms with Gasteiger partial charge in [-0.15, -0.1) is 11.3 Å². The van der Waals surface area contributed by atoms with Gasteiger partial charge < -0.3 is 5.32 Å². The Bertz CT molecular complexity index is 411. The Hall–Kier alpha value is -0.720. The molecular weight excluding hydrogens is 276 g/mol. The van der Waals surface area contributed by atoms with Gasteiger partial charge in [0.05, 0.1) is 9.83 Å². The Morgan fingerprint density at radius 3 is 3.13 bits per heavy atom. The van der Waals surface area contributed by atoms with E-state index in [2.05, 4.69) is 54.8 Å². The molecule has 0 aromatic carbocycles. The van der Waals surface area contributed by atoms with E-state index in [1.165, 1.54) is 11.9 Å². The molecule has 4 nitrogen and oxygen atoms in total. The smallest absolute Gasteiger partial charge is 0.141 e. The molecule has 0 fully saturated rings. The highest BCUT2D eigenvalue weighted by molar-refractivity contribution is 9.11. The number of halogens is 1. The van der Waals surface area contributed by atoms with Gasteiger partial charge in [-0.3, -0.25) is 5.10 Å². The van der Waals surface area contributed by atoms with Gasteiger partial charge in [-0.25, -0.2) is 4.98 Å². The molecule has 0 radical (unpaired) electrons. The zero-order valence-corrected chi connectivity index (χ0v) is 10.6. The molecular formula is C9H11BrN4S. The van der Waals surface area contributed by atoms with Crippen molar-refractivity contribution in [3.8, 4) is 0 Å². The topological polar surface area (TPSA) is 53.6 Å². The van der Waals surface area contributed by atoms with Crippen molar-refractivity contribution in [3.63, 3.8) is 0 Å². The van der Waals surface area contributed by atoms with Crippen LogP contribution in [0.5, 0.6) is 0 Å². The number of hydrogen-bond acceptors (Lipinski definition) is 4. The first-order valence-electron chi connectivity index (χ1n) is 4.57. The van der Waals surface area contributed by atoms with Gasteiger partial charge in [-0.1, -0.05) is 0 Å². The first kappa shape index (κ1) is 10.8. The fraction of sp³-hybridized carbons (Fsp3) is 0.333. The maximum Gasteiger partial charge on any atom is 0.141 e. The van der Waals surface area contributed by atoms with Crippen LogP contribution in [-0.4, -0.2) is 15.2 Å². The predicted octanol–water partition coefficient (Wildman–Crippen LogP) is 2.48. The van der Waals surface area contributed by atoms with Crippen LogP contribution in [0.2, 0.25) is 0 Å². The average Bonchev–Trinajstić information content (AvgIpc) is 2.84. The molecule has 15 heavy (non-hydrogen) atoms. The molecule has 2 heterocycles. The third-order valence-corrected chi connectivity index (χ3v) is 3.63. The van der Waals surface area contributed by atoms with Crippen LogP contribution in [0.15, 0.2) is 21.6 Å². The van der Waals surface area contributed by atoms with Crippen LogP contribution < -0.4 is 5.32 Å². The minimum absolute atomic E-state index is 0.186. The number of nitrogens with one attached hydrogen (secondary N) is 2. The van der Waals surface area contributed by atoms with Gasteiger partial charge in [0.25, 0.3) is 0 Å². The average molecular weight is 287 g/mol. The van der Waals surface area contributed by atoms with Gasteiger partial charge in [0.15, 0.2) is 0 Å². The molecule has 0 aliphatic rings. The highest BCUT2D eigenvalue weighted by Crippen LogP contribution is 2.20. The summed E-state index contributed by atoms with van der Waals surface area (Å²) in [6.07, 6.45) is 1.52. The highest BCUT2D eigenvalue weighted by Gasteiger charge is 2.07. The lowest BCUT2D eigenvalue weighted by Crippen LogP contribution is -2.18. The third-order valence-electron chi connectivity index (χ3n) is 2.08. The summed E-state index contributed by atoms with van der Waals surface area (Å²) in [5.41, 5.74) is 1.28. The lowest BCUT2D eigenvalue weighted by Gasteiger charge is -2.09. The number of H-pyrrole nitrogens is 1. The first-order valence-corrected chi connectivity index (χ1v) is 6.24. The summed E-state index contributed by atoms with van der Waals surface area (Å²) in [4.78, 5) is 4.10. The van der Waals surface area contributed by atoms with Gasteiger partial charge >= 0.3 is 0 Å². The Balaban J connectivity index is 1.88. The van der Waals surface area contributed by atoms with Crippen LogP contribution in [0.4, 0.5) is 0 Å². The van der Waals surface area contributed by atoms with Crippen molar-refractivity contribution in [3.05, 3.63) is 32.9 Å². The third kappa shape index (κ3) is 2.87. The summed E-state index contributed by atoms with van der Waals surface area (Å²) >= 11 is 5.13. The van der Waals surface area contributed by atoms with Crippen LogP contribution in [0.3, 0.4) is 0 Å². The summed E-state index contributed by atoms with van der Waals surface area (Å²) in [7, 11) is 0. The highest BCUT2D eigenvalue weighted by atomic mass is 79.9. The molecule has 1 unspecified atom stereocenters. The van der Waals surface area contributed by atoms with Gasteiger partial charge in [0, 0.05) is 6.54 Å². The van der Waals surface area contributed by atoms with Crippen molar-refractivity contribution in [2.24, 2.45) is 0 Å². The van der Waals surface area contributed by atoms with E-state index in [0.29, 0.717) is 0 Å². The number of aromatic amines is 1. The number of hydrogen-bond donors (Lipinski definition) is 2. The SMILES string of the molecule is CC(NCc1csc(Br)c1)c1ncn[nH]1. The van der Waals surface area contributed by atoms with Crippen molar-refractivity contribution < 1.29 is 0 Å². The van der Waals surface area contributed by atoms with Crippen LogP contribution in [0.1, 0.15) is 24.4 Å². The molecule has 0 spiro atoms. The van der Waals surface area contributed by atoms with Crippen molar-refractivity contribution >= 4 is 27.3 Å². The van der Waals surface area contributed by atoms with Crippen LogP contribution in [0, 0.1) is 0 Å². The van der Waals surface area contributed by atoms with Gasteiger partial charge in [-0.2, -0.15) is 5.10 Å². The van der Waals surface area contributed by atoms with E-state index in [9.17, 15) is 0 Å². The quantitative estimate of drug-likeness (QED) is 0.908.